The van der Waals surface area contributed by atoms with Gasteiger partial charge in [-0.3, -0.25) is 4.79 Å². The number of nitrogens with zero attached hydrogens (tertiary/aromatic N) is 1. The van der Waals surface area contributed by atoms with Crippen LogP contribution in [-0.2, 0) is 6.54 Å². The number of benzene rings is 1. The molecular weight excluding hydrogens is 256 g/mol. The summed E-state index contributed by atoms with van der Waals surface area (Å²) in [7, 11) is 0. The third-order valence-electron chi connectivity index (χ3n) is 3.30. The lowest BCUT2D eigenvalue weighted by atomic mass is 10.1. The summed E-state index contributed by atoms with van der Waals surface area (Å²) in [4.78, 5) is 11.5. The Morgan fingerprint density at radius 1 is 1.35 bits per heavy atom. The van der Waals surface area contributed by atoms with Crippen LogP contribution < -0.4 is 20.8 Å². The lowest BCUT2D eigenvalue weighted by Crippen LogP contribution is -2.21. The number of hydrogen-bond donors (Lipinski definition) is 1. The van der Waals surface area contributed by atoms with E-state index >= 15 is 0 Å². The van der Waals surface area contributed by atoms with Gasteiger partial charge in [0.05, 0.1) is 12.6 Å². The number of pyridine rings is 1. The molecule has 3 rings (SSSR count). The zero-order valence-corrected chi connectivity index (χ0v) is 11.0. The molecule has 1 aliphatic heterocycles. The van der Waals surface area contributed by atoms with Crippen LogP contribution in [0.4, 0.5) is 0 Å². The van der Waals surface area contributed by atoms with Gasteiger partial charge in [-0.1, -0.05) is 6.07 Å². The molecule has 0 aliphatic carbocycles. The van der Waals surface area contributed by atoms with Gasteiger partial charge in [0.15, 0.2) is 0 Å². The van der Waals surface area contributed by atoms with Gasteiger partial charge < -0.3 is 19.8 Å². The van der Waals surface area contributed by atoms with Gasteiger partial charge in [0.1, 0.15) is 24.7 Å². The molecule has 104 valence electrons. The zero-order chi connectivity index (χ0) is 13.9. The molecule has 2 heterocycles. The fraction of sp³-hybridized carbons (Fsp3) is 0.267. The van der Waals surface area contributed by atoms with Gasteiger partial charge >= 0.3 is 0 Å². The zero-order valence-electron chi connectivity index (χ0n) is 11.0. The number of nitrogens with two attached hydrogens (primary N) is 1. The van der Waals surface area contributed by atoms with Gasteiger partial charge in [0, 0.05) is 23.9 Å². The van der Waals surface area contributed by atoms with Crippen molar-refractivity contribution in [2.24, 2.45) is 5.73 Å². The first-order valence-corrected chi connectivity index (χ1v) is 6.54. The molecule has 0 spiro atoms. The predicted molar refractivity (Wildman–Crippen MR) is 75.1 cm³/mol. The largest absolute Gasteiger partial charge is 0.492 e. The summed E-state index contributed by atoms with van der Waals surface area (Å²) in [6.45, 7) is 1.45. The van der Waals surface area contributed by atoms with Gasteiger partial charge in [0.2, 0.25) is 0 Å². The van der Waals surface area contributed by atoms with Crippen molar-refractivity contribution in [1.29, 1.82) is 0 Å². The van der Waals surface area contributed by atoms with Gasteiger partial charge in [-0.25, -0.2) is 0 Å². The highest BCUT2D eigenvalue weighted by molar-refractivity contribution is 5.44. The second kappa shape index (κ2) is 5.38. The van der Waals surface area contributed by atoms with E-state index in [0.717, 1.165) is 17.1 Å². The molecule has 1 aromatic heterocycles. The predicted octanol–water partition coefficient (Wildman–Crippen LogP) is 1.32. The minimum Gasteiger partial charge on any atom is -0.492 e. The molecule has 0 bridgehead atoms. The Hall–Kier alpha value is -2.27. The normalized spacial score (nSPS) is 16.6. The van der Waals surface area contributed by atoms with E-state index in [9.17, 15) is 4.79 Å². The quantitative estimate of drug-likeness (QED) is 0.911. The van der Waals surface area contributed by atoms with Crippen LogP contribution in [0.2, 0.25) is 0 Å². The molecule has 1 aliphatic rings. The minimum absolute atomic E-state index is 0.0284. The van der Waals surface area contributed by atoms with Crippen LogP contribution in [0.1, 0.15) is 11.6 Å². The van der Waals surface area contributed by atoms with Crippen LogP contribution in [0.25, 0.3) is 0 Å². The van der Waals surface area contributed by atoms with Gasteiger partial charge in [-0.05, 0) is 18.2 Å². The van der Waals surface area contributed by atoms with Crippen LogP contribution in [-0.4, -0.2) is 17.8 Å². The van der Waals surface area contributed by atoms with Crippen molar-refractivity contribution in [2.75, 3.05) is 13.2 Å². The Labute approximate surface area is 116 Å². The minimum atomic E-state index is -0.0538. The second-order valence-corrected chi connectivity index (χ2v) is 4.70. The van der Waals surface area contributed by atoms with Crippen molar-refractivity contribution in [3.05, 3.63) is 58.5 Å². The first-order valence-electron chi connectivity index (χ1n) is 6.54. The van der Waals surface area contributed by atoms with Crippen LogP contribution in [0, 0.1) is 0 Å². The fourth-order valence-electron chi connectivity index (χ4n) is 2.21. The lowest BCUT2D eigenvalue weighted by Gasteiger charge is -2.09. The van der Waals surface area contributed by atoms with E-state index < -0.39 is 0 Å². The van der Waals surface area contributed by atoms with Crippen molar-refractivity contribution in [3.8, 4) is 11.5 Å². The molecule has 2 N–H and O–H groups in total. The van der Waals surface area contributed by atoms with E-state index in [4.69, 9.17) is 15.2 Å². The molecule has 0 saturated carbocycles. The van der Waals surface area contributed by atoms with Crippen molar-refractivity contribution >= 4 is 0 Å². The van der Waals surface area contributed by atoms with Crippen molar-refractivity contribution in [3.63, 3.8) is 0 Å². The summed E-state index contributed by atoms with van der Waals surface area (Å²) in [5.74, 6) is 1.51. The summed E-state index contributed by atoms with van der Waals surface area (Å²) in [6.07, 6.45) is 1.75. The average Bonchev–Trinajstić information content (AvgIpc) is 2.82. The van der Waals surface area contributed by atoms with E-state index in [0.29, 0.717) is 19.8 Å². The molecule has 0 fully saturated rings. The molecule has 5 heteroatoms. The summed E-state index contributed by atoms with van der Waals surface area (Å²) < 4.78 is 12.7. The molecule has 0 saturated heterocycles. The third-order valence-corrected chi connectivity index (χ3v) is 3.30. The van der Waals surface area contributed by atoms with Crippen LogP contribution >= 0.6 is 0 Å². The molecule has 1 aromatic carbocycles. The first kappa shape index (κ1) is 12.7. The molecule has 0 amide bonds. The maximum atomic E-state index is 11.5. The second-order valence-electron chi connectivity index (χ2n) is 4.70. The highest BCUT2D eigenvalue weighted by atomic mass is 16.5. The molecule has 2 aromatic rings. The highest BCUT2D eigenvalue weighted by Crippen LogP contribution is 2.33. The molecule has 1 atom stereocenters. The summed E-state index contributed by atoms with van der Waals surface area (Å²) in [6, 6.07) is 10.7. The van der Waals surface area contributed by atoms with E-state index in [1.807, 2.05) is 24.3 Å². The van der Waals surface area contributed by atoms with Crippen LogP contribution in [0.15, 0.2) is 47.4 Å². The SMILES string of the molecule is NC1COc2cc(OCCn3ccccc3=O)ccc21. The molecule has 5 nitrogen and oxygen atoms in total. The van der Waals surface area contributed by atoms with Crippen LogP contribution in [0.3, 0.4) is 0 Å². The van der Waals surface area contributed by atoms with Gasteiger partial charge in [-0.15, -0.1) is 0 Å². The number of rotatable bonds is 4. The van der Waals surface area contributed by atoms with Crippen molar-refractivity contribution < 1.29 is 9.47 Å². The van der Waals surface area contributed by atoms with E-state index in [1.54, 1.807) is 16.8 Å². The molecule has 20 heavy (non-hydrogen) atoms. The fourth-order valence-corrected chi connectivity index (χ4v) is 2.21. The summed E-state index contributed by atoms with van der Waals surface area (Å²) in [5, 5.41) is 0. The number of hydrogen-bond acceptors (Lipinski definition) is 4. The topological polar surface area (TPSA) is 66.5 Å². The molecule has 1 unspecified atom stereocenters. The number of aromatic nitrogens is 1. The Kier molecular flexibility index (Phi) is 3.43. The van der Waals surface area contributed by atoms with E-state index in [-0.39, 0.29) is 11.6 Å². The average molecular weight is 272 g/mol. The van der Waals surface area contributed by atoms with Crippen LogP contribution in [0.5, 0.6) is 11.5 Å². The molecular formula is C15H16N2O3. The summed E-state index contributed by atoms with van der Waals surface area (Å²) in [5.41, 5.74) is 6.87. The standard InChI is InChI=1S/C15H16N2O3/c16-13-10-20-14-9-11(4-5-12(13)14)19-8-7-17-6-2-1-3-15(17)18/h1-6,9,13H,7-8,10,16H2. The smallest absolute Gasteiger partial charge is 0.250 e. The number of fused-ring (bicyclic) bond motifs is 1. The number of ether oxygens (including phenoxy) is 2. The van der Waals surface area contributed by atoms with Gasteiger partial charge in [0.25, 0.3) is 5.56 Å². The van der Waals surface area contributed by atoms with Crippen molar-refractivity contribution in [1.82, 2.24) is 4.57 Å². The summed E-state index contributed by atoms with van der Waals surface area (Å²) >= 11 is 0. The maximum Gasteiger partial charge on any atom is 0.250 e. The van der Waals surface area contributed by atoms with E-state index in [2.05, 4.69) is 0 Å². The lowest BCUT2D eigenvalue weighted by molar-refractivity contribution is 0.292. The Morgan fingerprint density at radius 2 is 2.25 bits per heavy atom. The Morgan fingerprint density at radius 3 is 3.10 bits per heavy atom. The highest BCUT2D eigenvalue weighted by Gasteiger charge is 2.20. The Bertz CT molecular complexity index is 666. The van der Waals surface area contributed by atoms with E-state index in [1.165, 1.54) is 6.07 Å². The molecule has 0 radical (unpaired) electrons. The third kappa shape index (κ3) is 2.53. The first-order chi connectivity index (χ1) is 9.74. The van der Waals surface area contributed by atoms with Crippen molar-refractivity contribution in [2.45, 2.75) is 12.6 Å². The Balaban J connectivity index is 1.62. The monoisotopic (exact) mass is 272 g/mol. The van der Waals surface area contributed by atoms with Gasteiger partial charge in [-0.2, -0.15) is 0 Å². The maximum absolute atomic E-state index is 11.5.